The van der Waals surface area contributed by atoms with Crippen LogP contribution >= 0.6 is 11.8 Å². The van der Waals surface area contributed by atoms with Gasteiger partial charge < -0.3 is 10.3 Å². The molecule has 2 aromatic carbocycles. The monoisotopic (exact) mass is 296 g/mol. The van der Waals surface area contributed by atoms with Gasteiger partial charge in [0.2, 0.25) is 0 Å². The number of nitrogens with one attached hydrogen (secondary N) is 2. The van der Waals surface area contributed by atoms with Gasteiger partial charge in [0.25, 0.3) is 0 Å². The number of H-pyrrole nitrogens is 1. The lowest BCUT2D eigenvalue weighted by Gasteiger charge is -2.17. The van der Waals surface area contributed by atoms with Crippen molar-refractivity contribution in [2.24, 2.45) is 0 Å². The molecule has 0 bridgehead atoms. The van der Waals surface area contributed by atoms with Crippen molar-refractivity contribution in [3.63, 3.8) is 0 Å². The number of aromatic nitrogens is 1. The van der Waals surface area contributed by atoms with Crippen LogP contribution in [-0.4, -0.2) is 12.0 Å². The zero-order valence-electron chi connectivity index (χ0n) is 12.4. The molecule has 2 nitrogen and oxygen atoms in total. The molecule has 3 rings (SSSR count). The maximum Gasteiger partial charge on any atom is 0.0780 e. The molecule has 0 saturated heterocycles. The summed E-state index contributed by atoms with van der Waals surface area (Å²) in [5.74, 6) is 0. The van der Waals surface area contributed by atoms with Crippen LogP contribution in [0.3, 0.4) is 0 Å². The summed E-state index contributed by atoms with van der Waals surface area (Å²) in [5, 5.41) is 5.85. The van der Waals surface area contributed by atoms with Crippen LogP contribution in [0.15, 0.2) is 64.5 Å². The summed E-state index contributed by atoms with van der Waals surface area (Å²) < 4.78 is 0. The van der Waals surface area contributed by atoms with Crippen molar-refractivity contribution < 1.29 is 0 Å². The van der Waals surface area contributed by atoms with Crippen molar-refractivity contribution in [2.75, 3.05) is 7.05 Å². The molecule has 1 heterocycles. The van der Waals surface area contributed by atoms with Crippen LogP contribution in [0.25, 0.3) is 10.9 Å². The Bertz CT molecular complexity index is 696. The van der Waals surface area contributed by atoms with E-state index >= 15 is 0 Å². The topological polar surface area (TPSA) is 27.8 Å². The fraction of sp³-hybridized carbons (Fsp3) is 0.222. The van der Waals surface area contributed by atoms with Gasteiger partial charge in [0.1, 0.15) is 0 Å². The second-order valence-corrected chi connectivity index (χ2v) is 6.19. The molecule has 21 heavy (non-hydrogen) atoms. The summed E-state index contributed by atoms with van der Waals surface area (Å²) in [4.78, 5) is 4.80. The maximum atomic E-state index is 3.49. The van der Waals surface area contributed by atoms with Crippen molar-refractivity contribution in [2.45, 2.75) is 29.3 Å². The smallest absolute Gasteiger partial charge is 0.0780 e. The van der Waals surface area contributed by atoms with Crippen molar-refractivity contribution in [1.29, 1.82) is 0 Å². The number of para-hydroxylation sites is 1. The van der Waals surface area contributed by atoms with Crippen LogP contribution in [0, 0.1) is 0 Å². The Morgan fingerprint density at radius 1 is 1.10 bits per heavy atom. The normalized spacial score (nSPS) is 12.7. The predicted octanol–water partition coefficient (Wildman–Crippen LogP) is 4.99. The first-order valence-corrected chi connectivity index (χ1v) is 8.15. The molecule has 2 N–H and O–H groups in total. The van der Waals surface area contributed by atoms with Gasteiger partial charge in [-0.05, 0) is 37.2 Å². The van der Waals surface area contributed by atoms with Crippen molar-refractivity contribution >= 4 is 22.7 Å². The Hall–Kier alpha value is -1.71. The molecule has 0 fully saturated rings. The molecule has 0 spiro atoms. The van der Waals surface area contributed by atoms with E-state index in [1.807, 2.05) is 7.05 Å². The summed E-state index contributed by atoms with van der Waals surface area (Å²) in [6, 6.07) is 19.7. The molecular weight excluding hydrogens is 276 g/mol. The summed E-state index contributed by atoms with van der Waals surface area (Å²) in [7, 11) is 2.03. The second kappa shape index (κ2) is 6.37. The van der Waals surface area contributed by atoms with Gasteiger partial charge >= 0.3 is 0 Å². The molecule has 0 amide bonds. The van der Waals surface area contributed by atoms with Gasteiger partial charge in [0, 0.05) is 21.8 Å². The number of hydrogen-bond acceptors (Lipinski definition) is 2. The van der Waals surface area contributed by atoms with Crippen LogP contribution < -0.4 is 5.32 Å². The van der Waals surface area contributed by atoms with E-state index in [0.29, 0.717) is 6.04 Å². The average molecular weight is 296 g/mol. The third-order valence-corrected chi connectivity index (χ3v) is 4.81. The van der Waals surface area contributed by atoms with Gasteiger partial charge in [-0.25, -0.2) is 0 Å². The van der Waals surface area contributed by atoms with E-state index in [9.17, 15) is 0 Å². The number of benzene rings is 2. The molecule has 0 aliphatic rings. The molecule has 108 valence electrons. The van der Waals surface area contributed by atoms with Crippen LogP contribution in [-0.2, 0) is 0 Å². The average Bonchev–Trinajstić information content (AvgIpc) is 2.92. The van der Waals surface area contributed by atoms with E-state index in [2.05, 4.69) is 71.8 Å². The molecule has 0 radical (unpaired) electrons. The predicted molar refractivity (Wildman–Crippen MR) is 91.0 cm³/mol. The maximum absolute atomic E-state index is 3.49. The van der Waals surface area contributed by atoms with Crippen LogP contribution in [0.2, 0.25) is 0 Å². The lowest BCUT2D eigenvalue weighted by Crippen LogP contribution is -2.15. The minimum absolute atomic E-state index is 0.401. The van der Waals surface area contributed by atoms with Crippen molar-refractivity contribution in [1.82, 2.24) is 10.3 Å². The Morgan fingerprint density at radius 3 is 2.62 bits per heavy atom. The third kappa shape index (κ3) is 2.99. The standard InChI is InChI=1S/C18H20N2S/c1-3-15(19-2)14-9-5-7-11-17(14)21-18-12-13-8-4-6-10-16(13)20-18/h4-12,15,19-20H,3H2,1-2H3. The number of fused-ring (bicyclic) bond motifs is 1. The summed E-state index contributed by atoms with van der Waals surface area (Å²) >= 11 is 1.80. The summed E-state index contributed by atoms with van der Waals surface area (Å²) in [5.41, 5.74) is 2.56. The lowest BCUT2D eigenvalue weighted by atomic mass is 10.1. The fourth-order valence-electron chi connectivity index (χ4n) is 2.66. The van der Waals surface area contributed by atoms with E-state index in [1.165, 1.54) is 26.4 Å². The quantitative estimate of drug-likeness (QED) is 0.694. The molecule has 0 aliphatic carbocycles. The van der Waals surface area contributed by atoms with Gasteiger partial charge in [-0.15, -0.1) is 0 Å². The van der Waals surface area contributed by atoms with E-state index in [0.717, 1.165) is 6.42 Å². The van der Waals surface area contributed by atoms with Gasteiger partial charge in [0.05, 0.1) is 5.03 Å². The zero-order chi connectivity index (χ0) is 14.7. The molecule has 1 unspecified atom stereocenters. The highest BCUT2D eigenvalue weighted by molar-refractivity contribution is 7.99. The minimum atomic E-state index is 0.401. The van der Waals surface area contributed by atoms with Gasteiger partial charge in [-0.3, -0.25) is 0 Å². The Balaban J connectivity index is 1.94. The highest BCUT2D eigenvalue weighted by Crippen LogP contribution is 2.35. The lowest BCUT2D eigenvalue weighted by molar-refractivity contribution is 0.568. The fourth-order valence-corrected chi connectivity index (χ4v) is 3.72. The van der Waals surface area contributed by atoms with Crippen LogP contribution in [0.5, 0.6) is 0 Å². The second-order valence-electron chi connectivity index (χ2n) is 5.11. The SMILES string of the molecule is CCC(NC)c1ccccc1Sc1cc2ccccc2[nH]1. The molecular formula is C18H20N2S. The van der Waals surface area contributed by atoms with E-state index in [1.54, 1.807) is 11.8 Å². The van der Waals surface area contributed by atoms with Crippen LogP contribution in [0.4, 0.5) is 0 Å². The number of hydrogen-bond donors (Lipinski definition) is 2. The summed E-state index contributed by atoms with van der Waals surface area (Å²) in [6.07, 6.45) is 1.08. The first-order valence-electron chi connectivity index (χ1n) is 7.33. The molecule has 3 aromatic rings. The largest absolute Gasteiger partial charge is 0.349 e. The highest BCUT2D eigenvalue weighted by atomic mass is 32.2. The van der Waals surface area contributed by atoms with E-state index < -0.39 is 0 Å². The molecule has 0 saturated carbocycles. The molecule has 0 aliphatic heterocycles. The van der Waals surface area contributed by atoms with Crippen molar-refractivity contribution in [3.8, 4) is 0 Å². The third-order valence-electron chi connectivity index (χ3n) is 3.78. The van der Waals surface area contributed by atoms with Gasteiger partial charge in [-0.2, -0.15) is 0 Å². The first kappa shape index (κ1) is 14.2. The van der Waals surface area contributed by atoms with Crippen LogP contribution in [0.1, 0.15) is 24.9 Å². The molecule has 1 atom stereocenters. The Kier molecular flexibility index (Phi) is 4.32. The minimum Gasteiger partial charge on any atom is -0.349 e. The highest BCUT2D eigenvalue weighted by Gasteiger charge is 2.12. The Labute approximate surface area is 130 Å². The molecule has 3 heteroatoms. The van der Waals surface area contributed by atoms with Crippen molar-refractivity contribution in [3.05, 3.63) is 60.2 Å². The van der Waals surface area contributed by atoms with Gasteiger partial charge in [-0.1, -0.05) is 55.1 Å². The van der Waals surface area contributed by atoms with E-state index in [-0.39, 0.29) is 0 Å². The number of aromatic amines is 1. The number of rotatable bonds is 5. The van der Waals surface area contributed by atoms with Gasteiger partial charge in [0.15, 0.2) is 0 Å². The Morgan fingerprint density at radius 2 is 1.86 bits per heavy atom. The van der Waals surface area contributed by atoms with E-state index in [4.69, 9.17) is 0 Å². The summed E-state index contributed by atoms with van der Waals surface area (Å²) in [6.45, 7) is 2.21. The molecule has 1 aromatic heterocycles. The zero-order valence-corrected chi connectivity index (χ0v) is 13.2. The first-order chi connectivity index (χ1) is 10.3.